The molecule has 4 nitrogen and oxygen atoms in total. The Morgan fingerprint density at radius 1 is 1.47 bits per heavy atom. The Morgan fingerprint density at radius 3 is 2.73 bits per heavy atom. The van der Waals surface area contributed by atoms with Crippen LogP contribution in [0.25, 0.3) is 0 Å². The molecule has 1 saturated carbocycles. The SMILES string of the molecule is CC(C(=O)NC1CCC(=O)NC1)C1CC1. The highest BCUT2D eigenvalue weighted by Gasteiger charge is 2.33. The summed E-state index contributed by atoms with van der Waals surface area (Å²) in [7, 11) is 0. The first-order valence-electron chi connectivity index (χ1n) is 5.74. The highest BCUT2D eigenvalue weighted by atomic mass is 16.2. The molecule has 0 aromatic heterocycles. The molecule has 2 N–H and O–H groups in total. The van der Waals surface area contributed by atoms with E-state index in [1.165, 1.54) is 12.8 Å². The van der Waals surface area contributed by atoms with Gasteiger partial charge in [-0.1, -0.05) is 6.92 Å². The smallest absolute Gasteiger partial charge is 0.223 e. The lowest BCUT2D eigenvalue weighted by Crippen LogP contribution is -2.49. The predicted octanol–water partition coefficient (Wildman–Crippen LogP) is 0.427. The lowest BCUT2D eigenvalue weighted by molar-refractivity contribution is -0.128. The molecule has 2 aliphatic rings. The third kappa shape index (κ3) is 2.70. The van der Waals surface area contributed by atoms with Crippen LogP contribution in [0.5, 0.6) is 0 Å². The van der Waals surface area contributed by atoms with Crippen LogP contribution in [0.2, 0.25) is 0 Å². The highest BCUT2D eigenvalue weighted by Crippen LogP contribution is 2.36. The quantitative estimate of drug-likeness (QED) is 0.709. The monoisotopic (exact) mass is 210 g/mol. The third-order valence-electron chi connectivity index (χ3n) is 3.35. The first-order valence-corrected chi connectivity index (χ1v) is 5.74. The summed E-state index contributed by atoms with van der Waals surface area (Å²) in [4.78, 5) is 22.7. The first kappa shape index (κ1) is 10.5. The number of nitrogens with one attached hydrogen (secondary N) is 2. The van der Waals surface area contributed by atoms with Gasteiger partial charge in [0.05, 0.1) is 0 Å². The molecule has 0 aromatic rings. The topological polar surface area (TPSA) is 58.2 Å². The maximum Gasteiger partial charge on any atom is 0.223 e. The average Bonchev–Trinajstić information content (AvgIpc) is 3.04. The fraction of sp³-hybridized carbons (Fsp3) is 0.818. The molecule has 1 aliphatic heterocycles. The summed E-state index contributed by atoms with van der Waals surface area (Å²) in [5.74, 6) is 0.986. The van der Waals surface area contributed by atoms with Crippen LogP contribution in [-0.4, -0.2) is 24.4 Å². The van der Waals surface area contributed by atoms with Gasteiger partial charge in [-0.05, 0) is 25.2 Å². The molecule has 2 fully saturated rings. The van der Waals surface area contributed by atoms with Gasteiger partial charge in [0.15, 0.2) is 0 Å². The Hall–Kier alpha value is -1.06. The second-order valence-electron chi connectivity index (χ2n) is 4.67. The Kier molecular flexibility index (Phi) is 2.93. The highest BCUT2D eigenvalue weighted by molar-refractivity contribution is 5.80. The van der Waals surface area contributed by atoms with Gasteiger partial charge in [-0.25, -0.2) is 0 Å². The minimum absolute atomic E-state index is 0.0933. The molecule has 4 heteroatoms. The van der Waals surface area contributed by atoms with Gasteiger partial charge < -0.3 is 10.6 Å². The van der Waals surface area contributed by atoms with E-state index in [9.17, 15) is 9.59 Å². The van der Waals surface area contributed by atoms with Gasteiger partial charge in [0.1, 0.15) is 0 Å². The molecule has 2 atom stereocenters. The number of rotatable bonds is 3. The maximum absolute atomic E-state index is 11.8. The van der Waals surface area contributed by atoms with Crippen LogP contribution < -0.4 is 10.6 Å². The summed E-state index contributed by atoms with van der Waals surface area (Å²) in [6, 6.07) is 0.136. The standard InChI is InChI=1S/C11H18N2O2/c1-7(8-2-3-8)11(15)13-9-4-5-10(14)12-6-9/h7-9H,2-6H2,1H3,(H,12,14)(H,13,15). The van der Waals surface area contributed by atoms with Crippen molar-refractivity contribution in [1.82, 2.24) is 10.6 Å². The lowest BCUT2D eigenvalue weighted by atomic mass is 10.0. The van der Waals surface area contributed by atoms with Crippen molar-refractivity contribution in [2.75, 3.05) is 6.54 Å². The third-order valence-corrected chi connectivity index (χ3v) is 3.35. The summed E-state index contributed by atoms with van der Waals surface area (Å²) in [6.45, 7) is 2.58. The molecule has 15 heavy (non-hydrogen) atoms. The Bertz CT molecular complexity index is 264. The second-order valence-corrected chi connectivity index (χ2v) is 4.67. The molecule has 2 rings (SSSR count). The van der Waals surface area contributed by atoms with Crippen molar-refractivity contribution in [3.05, 3.63) is 0 Å². The zero-order valence-electron chi connectivity index (χ0n) is 9.08. The lowest BCUT2D eigenvalue weighted by Gasteiger charge is -2.24. The van der Waals surface area contributed by atoms with E-state index in [1.54, 1.807) is 0 Å². The number of amides is 2. The molecule has 0 spiro atoms. The molecule has 0 bridgehead atoms. The van der Waals surface area contributed by atoms with E-state index in [0.29, 0.717) is 18.9 Å². The maximum atomic E-state index is 11.8. The van der Waals surface area contributed by atoms with Crippen LogP contribution in [-0.2, 0) is 9.59 Å². The van der Waals surface area contributed by atoms with Crippen LogP contribution in [0.4, 0.5) is 0 Å². The van der Waals surface area contributed by atoms with Crippen LogP contribution in [0, 0.1) is 11.8 Å². The van der Waals surface area contributed by atoms with Crippen molar-refractivity contribution in [2.45, 2.75) is 38.6 Å². The van der Waals surface area contributed by atoms with Crippen LogP contribution in [0.1, 0.15) is 32.6 Å². The summed E-state index contributed by atoms with van der Waals surface area (Å²) in [6.07, 6.45) is 3.68. The van der Waals surface area contributed by atoms with E-state index in [1.807, 2.05) is 6.92 Å². The van der Waals surface area contributed by atoms with Crippen LogP contribution in [0.3, 0.4) is 0 Å². The molecule has 1 aliphatic carbocycles. The molecule has 84 valence electrons. The normalized spacial score (nSPS) is 28.1. The van der Waals surface area contributed by atoms with E-state index in [4.69, 9.17) is 0 Å². The summed E-state index contributed by atoms with van der Waals surface area (Å²) >= 11 is 0. The van der Waals surface area contributed by atoms with E-state index in [-0.39, 0.29) is 23.8 Å². The van der Waals surface area contributed by atoms with E-state index >= 15 is 0 Å². The van der Waals surface area contributed by atoms with Gasteiger partial charge in [-0.2, -0.15) is 0 Å². The summed E-state index contributed by atoms with van der Waals surface area (Å²) < 4.78 is 0. The minimum atomic E-state index is 0.0933. The Balaban J connectivity index is 1.75. The van der Waals surface area contributed by atoms with Gasteiger partial charge in [-0.3, -0.25) is 9.59 Å². The van der Waals surface area contributed by atoms with Crippen molar-refractivity contribution in [2.24, 2.45) is 11.8 Å². The van der Waals surface area contributed by atoms with Gasteiger partial charge in [0, 0.05) is 24.9 Å². The number of hydrogen-bond acceptors (Lipinski definition) is 2. The largest absolute Gasteiger partial charge is 0.354 e. The van der Waals surface area contributed by atoms with Crippen molar-refractivity contribution >= 4 is 11.8 Å². The van der Waals surface area contributed by atoms with E-state index in [2.05, 4.69) is 10.6 Å². The van der Waals surface area contributed by atoms with E-state index in [0.717, 1.165) is 6.42 Å². The Labute approximate surface area is 89.8 Å². The predicted molar refractivity (Wildman–Crippen MR) is 56.1 cm³/mol. The van der Waals surface area contributed by atoms with Gasteiger partial charge in [0.25, 0.3) is 0 Å². The fourth-order valence-electron chi connectivity index (χ4n) is 2.00. The number of piperidine rings is 1. The number of hydrogen-bond donors (Lipinski definition) is 2. The van der Waals surface area contributed by atoms with Crippen molar-refractivity contribution < 1.29 is 9.59 Å². The molecule has 2 amide bonds. The number of carbonyl (C=O) groups excluding carboxylic acids is 2. The zero-order chi connectivity index (χ0) is 10.8. The first-order chi connectivity index (χ1) is 7.16. The van der Waals surface area contributed by atoms with Crippen molar-refractivity contribution in [1.29, 1.82) is 0 Å². The zero-order valence-corrected chi connectivity index (χ0v) is 9.08. The number of carbonyl (C=O) groups is 2. The minimum Gasteiger partial charge on any atom is -0.354 e. The van der Waals surface area contributed by atoms with Gasteiger partial charge in [0.2, 0.25) is 11.8 Å². The molecule has 1 heterocycles. The molecule has 2 unspecified atom stereocenters. The molecule has 0 radical (unpaired) electrons. The molecular weight excluding hydrogens is 192 g/mol. The van der Waals surface area contributed by atoms with Crippen LogP contribution >= 0.6 is 0 Å². The van der Waals surface area contributed by atoms with Crippen molar-refractivity contribution in [3.63, 3.8) is 0 Å². The fourth-order valence-corrected chi connectivity index (χ4v) is 2.00. The van der Waals surface area contributed by atoms with E-state index < -0.39 is 0 Å². The van der Waals surface area contributed by atoms with Gasteiger partial charge in [-0.15, -0.1) is 0 Å². The second kappa shape index (κ2) is 4.21. The molecule has 0 aromatic carbocycles. The van der Waals surface area contributed by atoms with Crippen molar-refractivity contribution in [3.8, 4) is 0 Å². The molecular formula is C11H18N2O2. The Morgan fingerprint density at radius 2 is 2.20 bits per heavy atom. The molecule has 1 saturated heterocycles. The van der Waals surface area contributed by atoms with Crippen LogP contribution in [0.15, 0.2) is 0 Å². The average molecular weight is 210 g/mol. The summed E-state index contributed by atoms with van der Waals surface area (Å²) in [5, 5.41) is 5.77. The summed E-state index contributed by atoms with van der Waals surface area (Å²) in [5.41, 5.74) is 0. The van der Waals surface area contributed by atoms with Gasteiger partial charge >= 0.3 is 0 Å².